The predicted octanol–water partition coefficient (Wildman–Crippen LogP) is 5.84. The Balaban J connectivity index is 1.16. The van der Waals surface area contributed by atoms with Crippen LogP contribution in [-0.2, 0) is 39.9 Å². The van der Waals surface area contributed by atoms with Gasteiger partial charge in [-0.2, -0.15) is 0 Å². The Morgan fingerprint density at radius 3 is 2.40 bits per heavy atom. The molecule has 2 spiro atoms. The SMILES string of the molecule is C[C@@]1(c2cc(F)cc(F)c2)CNC2(CCCCCC2)C(=O)N1Cc1cnc2cc3c(cc2c1)C[C@@]1(C3)C(=O)Nc2ncccc21. The van der Waals surface area contributed by atoms with Crippen molar-refractivity contribution in [3.05, 3.63) is 100 Å². The number of nitrogens with zero attached hydrogens (tertiary/aromatic N) is 3. The molecule has 4 aliphatic rings. The summed E-state index contributed by atoms with van der Waals surface area (Å²) in [5.41, 5.74) is 2.88. The van der Waals surface area contributed by atoms with E-state index in [0.717, 1.165) is 77.7 Å². The van der Waals surface area contributed by atoms with E-state index >= 15 is 0 Å². The number of halogens is 2. The molecule has 2 amide bonds. The molecule has 0 unspecified atom stereocenters. The zero-order valence-electron chi connectivity index (χ0n) is 25.3. The number of hydrogen-bond donors (Lipinski definition) is 2. The van der Waals surface area contributed by atoms with Gasteiger partial charge in [-0.25, -0.2) is 13.8 Å². The summed E-state index contributed by atoms with van der Waals surface area (Å²) in [4.78, 5) is 38.8. The number of rotatable bonds is 3. The summed E-state index contributed by atoms with van der Waals surface area (Å²) in [5, 5.41) is 7.47. The third-order valence-corrected chi connectivity index (χ3v) is 10.8. The van der Waals surface area contributed by atoms with E-state index in [4.69, 9.17) is 4.98 Å². The predicted molar refractivity (Wildman–Crippen MR) is 166 cm³/mol. The lowest BCUT2D eigenvalue weighted by Gasteiger charge is -2.53. The third-order valence-electron chi connectivity index (χ3n) is 10.8. The summed E-state index contributed by atoms with van der Waals surface area (Å²) in [6.45, 7) is 2.52. The number of carbonyl (C=O) groups excluding carboxylic acids is 2. The van der Waals surface area contributed by atoms with Gasteiger partial charge in [0, 0.05) is 42.5 Å². The molecule has 2 fully saturated rings. The molecule has 1 saturated heterocycles. The zero-order valence-corrected chi connectivity index (χ0v) is 25.3. The molecule has 0 radical (unpaired) electrons. The van der Waals surface area contributed by atoms with Crippen LogP contribution in [0.2, 0.25) is 0 Å². The molecular formula is C36H35F2N5O2. The van der Waals surface area contributed by atoms with Gasteiger partial charge in [0.1, 0.15) is 17.5 Å². The van der Waals surface area contributed by atoms with E-state index in [9.17, 15) is 18.4 Å². The first-order valence-corrected chi connectivity index (χ1v) is 15.9. The van der Waals surface area contributed by atoms with Crippen molar-refractivity contribution in [2.45, 2.75) is 81.3 Å². The van der Waals surface area contributed by atoms with Crippen LogP contribution in [0.3, 0.4) is 0 Å². The van der Waals surface area contributed by atoms with Crippen LogP contribution >= 0.6 is 0 Å². The molecule has 2 atom stereocenters. The highest BCUT2D eigenvalue weighted by molar-refractivity contribution is 6.06. The second kappa shape index (κ2) is 10.1. The molecule has 8 rings (SSSR count). The molecule has 2 aliphatic heterocycles. The molecule has 2 aliphatic carbocycles. The number of pyridine rings is 2. The zero-order chi connectivity index (χ0) is 31.0. The number of nitrogens with one attached hydrogen (secondary N) is 2. The van der Waals surface area contributed by atoms with Gasteiger partial charge in [0.15, 0.2) is 0 Å². The Morgan fingerprint density at radius 1 is 0.911 bits per heavy atom. The maximum absolute atomic E-state index is 14.5. The van der Waals surface area contributed by atoms with Crippen LogP contribution in [0.25, 0.3) is 10.9 Å². The molecule has 2 aromatic heterocycles. The van der Waals surface area contributed by atoms with Crippen molar-refractivity contribution in [2.24, 2.45) is 0 Å². The first-order valence-electron chi connectivity index (χ1n) is 15.9. The molecule has 2 aromatic carbocycles. The smallest absolute Gasteiger partial charge is 0.243 e. The van der Waals surface area contributed by atoms with Gasteiger partial charge in [-0.3, -0.25) is 14.6 Å². The minimum absolute atomic E-state index is 0.0252. The highest BCUT2D eigenvalue weighted by Crippen LogP contribution is 2.47. The Kier molecular flexibility index (Phi) is 6.36. The summed E-state index contributed by atoms with van der Waals surface area (Å²) in [7, 11) is 0. The van der Waals surface area contributed by atoms with Crippen molar-refractivity contribution in [1.82, 2.24) is 20.2 Å². The normalized spacial score (nSPS) is 25.4. The number of benzene rings is 2. The van der Waals surface area contributed by atoms with Gasteiger partial charge in [-0.1, -0.05) is 31.7 Å². The van der Waals surface area contributed by atoms with Gasteiger partial charge in [0.25, 0.3) is 0 Å². The maximum Gasteiger partial charge on any atom is 0.243 e. The summed E-state index contributed by atoms with van der Waals surface area (Å²) < 4.78 is 29.0. The fourth-order valence-electron chi connectivity index (χ4n) is 8.30. The van der Waals surface area contributed by atoms with Crippen molar-refractivity contribution in [3.8, 4) is 0 Å². The van der Waals surface area contributed by atoms with E-state index in [-0.39, 0.29) is 18.4 Å². The number of piperazine rings is 1. The molecule has 45 heavy (non-hydrogen) atoms. The van der Waals surface area contributed by atoms with Crippen molar-refractivity contribution >= 4 is 28.5 Å². The Hall–Kier alpha value is -4.24. The van der Waals surface area contributed by atoms with Crippen LogP contribution in [-0.4, -0.2) is 38.8 Å². The van der Waals surface area contributed by atoms with E-state index in [0.29, 0.717) is 30.8 Å². The average Bonchev–Trinajstić information content (AvgIpc) is 3.40. The van der Waals surface area contributed by atoms with Crippen LogP contribution < -0.4 is 10.6 Å². The average molecular weight is 608 g/mol. The molecule has 2 N–H and O–H groups in total. The van der Waals surface area contributed by atoms with Gasteiger partial charge >= 0.3 is 0 Å². The monoisotopic (exact) mass is 607 g/mol. The van der Waals surface area contributed by atoms with Crippen LogP contribution in [0.1, 0.15) is 73.3 Å². The van der Waals surface area contributed by atoms with Crippen molar-refractivity contribution < 1.29 is 18.4 Å². The summed E-state index contributed by atoms with van der Waals surface area (Å²) in [6, 6.07) is 13.6. The fraction of sp³-hybridized carbons (Fsp3) is 0.389. The molecule has 230 valence electrons. The van der Waals surface area contributed by atoms with Crippen LogP contribution in [0.15, 0.2) is 60.9 Å². The van der Waals surface area contributed by atoms with Crippen LogP contribution in [0, 0.1) is 11.6 Å². The van der Waals surface area contributed by atoms with Gasteiger partial charge in [-0.15, -0.1) is 0 Å². The number of anilines is 1. The molecule has 9 heteroatoms. The van der Waals surface area contributed by atoms with E-state index in [2.05, 4.69) is 33.8 Å². The highest BCUT2D eigenvalue weighted by atomic mass is 19.1. The summed E-state index contributed by atoms with van der Waals surface area (Å²) >= 11 is 0. The number of fused-ring (bicyclic) bond motifs is 4. The van der Waals surface area contributed by atoms with Gasteiger partial charge in [-0.05, 0) is 91.3 Å². The largest absolute Gasteiger partial charge is 0.326 e. The lowest BCUT2D eigenvalue weighted by molar-refractivity contribution is -0.153. The molecule has 1 saturated carbocycles. The van der Waals surface area contributed by atoms with E-state index in [1.807, 2.05) is 24.0 Å². The Morgan fingerprint density at radius 2 is 1.64 bits per heavy atom. The molecular weight excluding hydrogens is 572 g/mol. The minimum Gasteiger partial charge on any atom is -0.326 e. The van der Waals surface area contributed by atoms with Crippen molar-refractivity contribution in [1.29, 1.82) is 0 Å². The fourth-order valence-corrected chi connectivity index (χ4v) is 8.30. The van der Waals surface area contributed by atoms with E-state index in [1.54, 1.807) is 12.4 Å². The molecule has 7 nitrogen and oxygen atoms in total. The molecule has 4 aromatic rings. The van der Waals surface area contributed by atoms with E-state index < -0.39 is 28.1 Å². The first-order chi connectivity index (χ1) is 21.7. The van der Waals surface area contributed by atoms with Crippen molar-refractivity contribution in [3.63, 3.8) is 0 Å². The van der Waals surface area contributed by atoms with Gasteiger partial charge in [0.05, 0.1) is 22.0 Å². The van der Waals surface area contributed by atoms with Crippen molar-refractivity contribution in [2.75, 3.05) is 11.9 Å². The van der Waals surface area contributed by atoms with Gasteiger partial charge in [0.2, 0.25) is 11.8 Å². The third kappa shape index (κ3) is 4.38. The summed E-state index contributed by atoms with van der Waals surface area (Å²) in [5.74, 6) is -0.752. The second-order valence-corrected chi connectivity index (χ2v) is 13.6. The lowest BCUT2D eigenvalue weighted by Crippen LogP contribution is -2.70. The first kappa shape index (κ1) is 28.2. The number of aromatic nitrogens is 2. The molecule has 0 bridgehead atoms. The molecule has 4 heterocycles. The Bertz CT molecular complexity index is 1870. The van der Waals surface area contributed by atoms with Crippen LogP contribution in [0.4, 0.5) is 14.6 Å². The number of amides is 2. The topological polar surface area (TPSA) is 87.2 Å². The minimum atomic E-state index is -0.978. The maximum atomic E-state index is 14.5. The summed E-state index contributed by atoms with van der Waals surface area (Å²) in [6.07, 6.45) is 10.2. The van der Waals surface area contributed by atoms with Crippen LogP contribution in [0.5, 0.6) is 0 Å². The van der Waals surface area contributed by atoms with Gasteiger partial charge < -0.3 is 15.5 Å². The van der Waals surface area contributed by atoms with E-state index in [1.165, 1.54) is 12.1 Å². The highest BCUT2D eigenvalue weighted by Gasteiger charge is 2.53. The quantitative estimate of drug-likeness (QED) is 0.306. The number of hydrogen-bond acceptors (Lipinski definition) is 5. The number of carbonyl (C=O) groups is 2. The second-order valence-electron chi connectivity index (χ2n) is 13.6. The lowest BCUT2D eigenvalue weighted by atomic mass is 9.78. The Labute approximate surface area is 260 Å². The standard InChI is InChI=1S/C36H35F2N5O2/c1-34(26-14-27(37)16-28(38)15-26)21-41-36(8-4-2-3-5-9-36)33(45)43(34)20-22-11-23-12-24-17-35(18-25(24)13-30(23)40-19-22)29-7-6-10-39-31(29)42-32(35)44/h6-7,10-16,19,41H,2-5,8-9,17-18,20-21H2,1H3,(H,39,42,44)/t34-,35-/m0/s1.